The minimum absolute atomic E-state index is 0.0248. The Morgan fingerprint density at radius 1 is 1.09 bits per heavy atom. The van der Waals surface area contributed by atoms with E-state index in [4.69, 9.17) is 14.9 Å². The molecular formula is C24H24N4O5S2. The minimum Gasteiger partial charge on any atom is -0.490 e. The van der Waals surface area contributed by atoms with Crippen LogP contribution in [-0.4, -0.2) is 53.9 Å². The molecule has 4 rings (SSSR count). The van der Waals surface area contributed by atoms with E-state index in [1.54, 1.807) is 24.3 Å². The molecule has 0 saturated carbocycles. The van der Waals surface area contributed by atoms with Gasteiger partial charge in [-0.15, -0.1) is 0 Å². The van der Waals surface area contributed by atoms with Gasteiger partial charge < -0.3 is 9.47 Å². The molecule has 1 N–H and O–H groups in total. The lowest BCUT2D eigenvalue weighted by molar-refractivity contribution is -0.114. The Balaban J connectivity index is 1.43. The van der Waals surface area contributed by atoms with Crippen molar-refractivity contribution in [3.8, 4) is 11.5 Å². The summed E-state index contributed by atoms with van der Waals surface area (Å²) in [4.78, 5) is 17.6. The van der Waals surface area contributed by atoms with Gasteiger partial charge in [0.1, 0.15) is 30.5 Å². The number of aliphatic imine (C=N–C) groups is 1. The second-order valence-corrected chi connectivity index (χ2v) is 11.2. The number of carbonyl (C=O) groups excluding carboxylic acids is 1. The molecule has 2 aromatic carbocycles. The zero-order valence-electron chi connectivity index (χ0n) is 19.4. The van der Waals surface area contributed by atoms with Gasteiger partial charge in [0.25, 0.3) is 5.91 Å². The third-order valence-electron chi connectivity index (χ3n) is 5.26. The molecular weight excluding hydrogens is 488 g/mol. The monoisotopic (exact) mass is 512 g/mol. The Morgan fingerprint density at radius 3 is 2.46 bits per heavy atom. The van der Waals surface area contributed by atoms with Crippen LogP contribution in [0, 0.1) is 12.3 Å². The topological polar surface area (TPSA) is 121 Å². The van der Waals surface area contributed by atoms with Crippen LogP contribution in [0.1, 0.15) is 25.0 Å². The number of nitrogens with zero attached hydrogens (tertiary/aromatic N) is 3. The summed E-state index contributed by atoms with van der Waals surface area (Å²) in [6.07, 6.45) is 1.50. The fourth-order valence-corrected chi connectivity index (χ4v) is 5.31. The number of carbonyl (C=O) groups is 1. The molecule has 0 aliphatic carbocycles. The zero-order valence-corrected chi connectivity index (χ0v) is 21.0. The van der Waals surface area contributed by atoms with Crippen molar-refractivity contribution < 1.29 is 22.7 Å². The van der Waals surface area contributed by atoms with Crippen molar-refractivity contribution in [3.63, 3.8) is 0 Å². The molecule has 0 bridgehead atoms. The molecule has 0 saturated heterocycles. The molecule has 9 nitrogen and oxygen atoms in total. The first-order valence-electron chi connectivity index (χ1n) is 10.8. The van der Waals surface area contributed by atoms with Crippen LogP contribution in [0.3, 0.4) is 0 Å². The average molecular weight is 513 g/mol. The maximum atomic E-state index is 12.7. The molecule has 0 radical (unpaired) electrons. The molecule has 182 valence electrons. The largest absolute Gasteiger partial charge is 0.490 e. The highest BCUT2D eigenvalue weighted by Crippen LogP contribution is 2.31. The first-order valence-corrected chi connectivity index (χ1v) is 13.1. The summed E-state index contributed by atoms with van der Waals surface area (Å²) in [6.45, 7) is 5.79. The normalized spacial score (nSPS) is 16.9. The maximum Gasteiger partial charge on any atom is 0.283 e. The van der Waals surface area contributed by atoms with E-state index in [0.717, 1.165) is 28.2 Å². The molecule has 2 aromatic rings. The Kier molecular flexibility index (Phi) is 7.08. The smallest absolute Gasteiger partial charge is 0.283 e. The highest BCUT2D eigenvalue weighted by Gasteiger charge is 2.43. The van der Waals surface area contributed by atoms with Gasteiger partial charge in [0, 0.05) is 0 Å². The molecule has 0 fully saturated rings. The fraction of sp³-hybridized carbons (Fsp3) is 0.250. The van der Waals surface area contributed by atoms with E-state index in [0.29, 0.717) is 24.5 Å². The number of amidine groups is 3. The zero-order chi connectivity index (χ0) is 25.2. The highest BCUT2D eigenvalue weighted by atomic mass is 32.2. The standard InChI is InChI=1S/C24H24N4O5S2/c1-15(2)35(30,31)24-27-34-23-26-22(29)19(21(25)28(23)24)14-17-8-10-18(11-9-17)32-12-13-33-20-7-5-4-6-16(20)3/h4-11,14-15,25H,12-13H2,1-3H3/b19-14-,25-21?. The lowest BCUT2D eigenvalue weighted by Gasteiger charge is -2.25. The number of hydrogen-bond acceptors (Lipinski definition) is 8. The molecule has 1 amide bonds. The summed E-state index contributed by atoms with van der Waals surface area (Å²) in [6, 6.07) is 14.7. The molecule has 0 unspecified atom stereocenters. The van der Waals surface area contributed by atoms with Gasteiger partial charge >= 0.3 is 0 Å². The third kappa shape index (κ3) is 5.15. The van der Waals surface area contributed by atoms with Crippen LogP contribution in [0.15, 0.2) is 63.5 Å². The number of benzene rings is 2. The van der Waals surface area contributed by atoms with Crippen LogP contribution in [0.2, 0.25) is 0 Å². The van der Waals surface area contributed by atoms with Gasteiger partial charge in [0.2, 0.25) is 20.2 Å². The summed E-state index contributed by atoms with van der Waals surface area (Å²) < 4.78 is 40.7. The van der Waals surface area contributed by atoms with Crippen molar-refractivity contribution in [2.75, 3.05) is 13.2 Å². The van der Waals surface area contributed by atoms with E-state index in [1.165, 1.54) is 19.9 Å². The molecule has 2 aliphatic heterocycles. The van der Waals surface area contributed by atoms with Crippen molar-refractivity contribution in [2.24, 2.45) is 9.39 Å². The number of aryl methyl sites for hydroxylation is 1. The van der Waals surface area contributed by atoms with E-state index < -0.39 is 21.0 Å². The van der Waals surface area contributed by atoms with Crippen LogP contribution in [0.25, 0.3) is 6.08 Å². The maximum absolute atomic E-state index is 12.7. The van der Waals surface area contributed by atoms with Crippen molar-refractivity contribution in [2.45, 2.75) is 26.0 Å². The molecule has 2 aliphatic rings. The lowest BCUT2D eigenvalue weighted by Crippen LogP contribution is -2.46. The van der Waals surface area contributed by atoms with Gasteiger partial charge in [0.05, 0.1) is 22.8 Å². The Hall–Kier alpha value is -3.44. The number of fused-ring (bicyclic) bond motifs is 1. The summed E-state index contributed by atoms with van der Waals surface area (Å²) in [5, 5.41) is 7.56. The summed E-state index contributed by atoms with van der Waals surface area (Å²) in [5.74, 6) is 0.538. The van der Waals surface area contributed by atoms with Gasteiger partial charge in [-0.25, -0.2) is 13.3 Å². The lowest BCUT2D eigenvalue weighted by atomic mass is 10.1. The minimum atomic E-state index is -3.76. The second-order valence-electron chi connectivity index (χ2n) is 8.03. The number of rotatable bonds is 7. The highest BCUT2D eigenvalue weighted by molar-refractivity contribution is 8.16. The molecule has 2 heterocycles. The first kappa shape index (κ1) is 24.7. The predicted octanol–water partition coefficient (Wildman–Crippen LogP) is 3.85. The molecule has 0 atom stereocenters. The molecule has 0 aromatic heterocycles. The van der Waals surface area contributed by atoms with Crippen LogP contribution >= 0.6 is 11.9 Å². The molecule has 0 spiro atoms. The van der Waals surface area contributed by atoms with Gasteiger partial charge in [-0.2, -0.15) is 9.39 Å². The van der Waals surface area contributed by atoms with E-state index in [9.17, 15) is 13.2 Å². The number of nitrogens with one attached hydrogen (secondary N) is 1. The summed E-state index contributed by atoms with van der Waals surface area (Å²) in [5.41, 5.74) is 1.66. The van der Waals surface area contributed by atoms with Crippen molar-refractivity contribution in [1.82, 2.24) is 4.90 Å². The predicted molar refractivity (Wildman–Crippen MR) is 138 cm³/mol. The Bertz CT molecular complexity index is 1360. The van der Waals surface area contributed by atoms with Crippen LogP contribution in [0.4, 0.5) is 0 Å². The number of hydrogen-bond donors (Lipinski definition) is 1. The number of para-hydroxylation sites is 1. The Labute approximate surface area is 208 Å². The van der Waals surface area contributed by atoms with E-state index in [2.05, 4.69) is 9.39 Å². The Morgan fingerprint density at radius 2 is 1.77 bits per heavy atom. The number of sulfone groups is 1. The molecule has 35 heavy (non-hydrogen) atoms. The molecule has 11 heteroatoms. The fourth-order valence-electron chi connectivity index (χ4n) is 3.25. The third-order valence-corrected chi connectivity index (χ3v) is 8.10. The van der Waals surface area contributed by atoms with E-state index >= 15 is 0 Å². The average Bonchev–Trinajstić information content (AvgIpc) is 3.26. The van der Waals surface area contributed by atoms with Crippen molar-refractivity contribution >= 4 is 49.9 Å². The SMILES string of the molecule is Cc1ccccc1OCCOc1ccc(/C=C2/C(=N)N3C(=NC2=O)SN=C3S(=O)(=O)C(C)C)cc1. The van der Waals surface area contributed by atoms with Crippen LogP contribution in [0.5, 0.6) is 11.5 Å². The first-order chi connectivity index (χ1) is 16.7. The van der Waals surface area contributed by atoms with Gasteiger partial charge in [0.15, 0.2) is 0 Å². The van der Waals surface area contributed by atoms with Gasteiger partial charge in [-0.05, 0) is 56.2 Å². The van der Waals surface area contributed by atoms with E-state index in [-0.39, 0.29) is 21.7 Å². The number of amides is 1. The van der Waals surface area contributed by atoms with Crippen LogP contribution < -0.4 is 9.47 Å². The second kappa shape index (κ2) is 10.0. The van der Waals surface area contributed by atoms with Crippen molar-refractivity contribution in [3.05, 3.63) is 65.2 Å². The summed E-state index contributed by atoms with van der Waals surface area (Å²) in [7, 11) is -3.76. The van der Waals surface area contributed by atoms with Gasteiger partial charge in [-0.3, -0.25) is 10.2 Å². The van der Waals surface area contributed by atoms with E-state index in [1.807, 2.05) is 31.2 Å². The van der Waals surface area contributed by atoms with Gasteiger partial charge in [-0.1, -0.05) is 30.3 Å². The summed E-state index contributed by atoms with van der Waals surface area (Å²) >= 11 is 0.774. The van der Waals surface area contributed by atoms with Crippen LogP contribution in [-0.2, 0) is 14.6 Å². The number of ether oxygens (including phenoxy) is 2. The quantitative estimate of drug-likeness (QED) is 0.340. The van der Waals surface area contributed by atoms with Crippen molar-refractivity contribution in [1.29, 1.82) is 5.41 Å².